The summed E-state index contributed by atoms with van der Waals surface area (Å²) in [6, 6.07) is 23.3. The third-order valence-corrected chi connectivity index (χ3v) is 7.84. The molecule has 1 heterocycles. The van der Waals surface area contributed by atoms with E-state index in [9.17, 15) is 18.0 Å². The molecule has 4 rings (SSSR count). The fraction of sp³-hybridized carbons (Fsp3) is 0.259. The van der Waals surface area contributed by atoms with Crippen molar-refractivity contribution in [3.05, 3.63) is 101 Å². The van der Waals surface area contributed by atoms with E-state index in [4.69, 9.17) is 0 Å². The highest BCUT2D eigenvalue weighted by Crippen LogP contribution is 2.19. The molecule has 1 fully saturated rings. The molecule has 0 saturated carbocycles. The number of anilines is 1. The summed E-state index contributed by atoms with van der Waals surface area (Å²) >= 11 is 0. The Balaban J connectivity index is 1.36. The first-order chi connectivity index (χ1) is 16.9. The van der Waals surface area contributed by atoms with Crippen LogP contribution in [0, 0.1) is 0 Å². The van der Waals surface area contributed by atoms with Crippen LogP contribution in [0.15, 0.2) is 78.9 Å². The normalized spacial score (nSPS) is 13.9. The number of nitrogens with one attached hydrogen (secondary N) is 2. The Morgan fingerprint density at radius 3 is 2.14 bits per heavy atom. The number of para-hydroxylation sites is 1. The van der Waals surface area contributed by atoms with Crippen molar-refractivity contribution >= 4 is 27.5 Å². The van der Waals surface area contributed by atoms with Crippen LogP contribution < -0.4 is 10.6 Å². The van der Waals surface area contributed by atoms with Gasteiger partial charge in [-0.25, -0.2) is 12.7 Å². The van der Waals surface area contributed by atoms with Gasteiger partial charge in [0.2, 0.25) is 10.0 Å². The molecule has 7 nitrogen and oxygen atoms in total. The molecule has 8 heteroatoms. The molecule has 35 heavy (non-hydrogen) atoms. The van der Waals surface area contributed by atoms with Gasteiger partial charge in [-0.2, -0.15) is 0 Å². The number of hydrogen-bond acceptors (Lipinski definition) is 4. The van der Waals surface area contributed by atoms with Crippen LogP contribution in [0.25, 0.3) is 0 Å². The van der Waals surface area contributed by atoms with Crippen molar-refractivity contribution in [3.8, 4) is 0 Å². The Morgan fingerprint density at radius 1 is 0.771 bits per heavy atom. The summed E-state index contributed by atoms with van der Waals surface area (Å²) in [5, 5.41) is 5.70. The molecular weight excluding hydrogens is 462 g/mol. The highest BCUT2D eigenvalue weighted by molar-refractivity contribution is 7.88. The monoisotopic (exact) mass is 491 g/mol. The Hall–Kier alpha value is -3.49. The van der Waals surface area contributed by atoms with Crippen LogP contribution in [0.1, 0.15) is 44.7 Å². The van der Waals surface area contributed by atoms with Crippen LogP contribution in [-0.2, 0) is 22.2 Å². The zero-order valence-electron chi connectivity index (χ0n) is 19.4. The van der Waals surface area contributed by atoms with Gasteiger partial charge >= 0.3 is 0 Å². The summed E-state index contributed by atoms with van der Waals surface area (Å²) in [6.07, 6.45) is 2.50. The number of carbonyl (C=O) groups excluding carboxylic acids is 2. The van der Waals surface area contributed by atoms with Crippen LogP contribution in [0.4, 0.5) is 5.69 Å². The van der Waals surface area contributed by atoms with Crippen molar-refractivity contribution in [2.45, 2.75) is 25.0 Å². The maximum atomic E-state index is 12.8. The average molecular weight is 492 g/mol. The molecule has 3 aromatic carbocycles. The SMILES string of the molecule is O=C(Nc1ccccc1C(=O)NCCc1ccccc1)c1ccc(CS(=O)(=O)N2CCCC2)cc1. The van der Waals surface area contributed by atoms with Crippen molar-refractivity contribution in [2.75, 3.05) is 25.0 Å². The molecule has 0 bridgehead atoms. The quantitative estimate of drug-likeness (QED) is 0.476. The average Bonchev–Trinajstić information content (AvgIpc) is 3.41. The Bertz CT molecular complexity index is 1270. The standard InChI is InChI=1S/C27H29N3O4S/c31-26(23-14-12-22(13-15-23)20-35(33,34)30-18-6-7-19-30)29-25-11-5-4-10-24(25)27(32)28-17-16-21-8-2-1-3-9-21/h1-5,8-15H,6-7,16-20H2,(H,28,32)(H,29,31). The van der Waals surface area contributed by atoms with Crippen LogP contribution in [-0.4, -0.2) is 44.2 Å². The molecule has 0 spiro atoms. The fourth-order valence-electron chi connectivity index (χ4n) is 4.07. The van der Waals surface area contributed by atoms with Gasteiger partial charge < -0.3 is 10.6 Å². The zero-order chi connectivity index (χ0) is 24.7. The Kier molecular flexibility index (Phi) is 7.94. The third-order valence-electron chi connectivity index (χ3n) is 5.99. The van der Waals surface area contributed by atoms with Crippen LogP contribution in [0.2, 0.25) is 0 Å². The van der Waals surface area contributed by atoms with E-state index in [1.807, 2.05) is 30.3 Å². The van der Waals surface area contributed by atoms with E-state index < -0.39 is 10.0 Å². The summed E-state index contributed by atoms with van der Waals surface area (Å²) in [4.78, 5) is 25.6. The minimum absolute atomic E-state index is 0.0825. The fourth-order valence-corrected chi connectivity index (χ4v) is 5.68. The molecule has 0 atom stereocenters. The van der Waals surface area contributed by atoms with E-state index in [1.165, 1.54) is 4.31 Å². The van der Waals surface area contributed by atoms with Gasteiger partial charge in [0.05, 0.1) is 17.0 Å². The van der Waals surface area contributed by atoms with Crippen LogP contribution in [0.5, 0.6) is 0 Å². The topological polar surface area (TPSA) is 95.6 Å². The highest BCUT2D eigenvalue weighted by atomic mass is 32.2. The summed E-state index contributed by atoms with van der Waals surface area (Å²) in [5.41, 5.74) is 2.93. The second kappa shape index (κ2) is 11.3. The number of sulfonamides is 1. The molecule has 3 aromatic rings. The van der Waals surface area contributed by atoms with Crippen molar-refractivity contribution < 1.29 is 18.0 Å². The predicted molar refractivity (Wildman–Crippen MR) is 137 cm³/mol. The molecule has 1 aliphatic rings. The van der Waals surface area contributed by atoms with Gasteiger partial charge in [0, 0.05) is 25.2 Å². The number of rotatable bonds is 9. The first-order valence-corrected chi connectivity index (χ1v) is 13.3. The molecular formula is C27H29N3O4S. The van der Waals surface area contributed by atoms with Gasteiger partial charge in [0.15, 0.2) is 0 Å². The highest BCUT2D eigenvalue weighted by Gasteiger charge is 2.25. The second-order valence-corrected chi connectivity index (χ2v) is 10.5. The maximum Gasteiger partial charge on any atom is 0.255 e. The van der Waals surface area contributed by atoms with E-state index in [0.717, 1.165) is 18.4 Å². The first-order valence-electron chi connectivity index (χ1n) is 11.7. The minimum Gasteiger partial charge on any atom is -0.352 e. The molecule has 0 aliphatic carbocycles. The van der Waals surface area contributed by atoms with Crippen molar-refractivity contribution in [2.24, 2.45) is 0 Å². The molecule has 1 aliphatic heterocycles. The number of benzene rings is 3. The van der Waals surface area contributed by atoms with Gasteiger partial charge in [-0.15, -0.1) is 0 Å². The molecule has 0 radical (unpaired) electrons. The largest absolute Gasteiger partial charge is 0.352 e. The molecule has 2 amide bonds. The maximum absolute atomic E-state index is 12.8. The summed E-state index contributed by atoms with van der Waals surface area (Å²) in [7, 11) is -3.35. The van der Waals surface area contributed by atoms with Crippen molar-refractivity contribution in [3.63, 3.8) is 0 Å². The molecule has 0 aromatic heterocycles. The number of nitrogens with zero attached hydrogens (tertiary/aromatic N) is 1. The van der Waals surface area contributed by atoms with E-state index in [2.05, 4.69) is 10.6 Å². The van der Waals surface area contributed by atoms with E-state index in [-0.39, 0.29) is 17.6 Å². The summed E-state index contributed by atoms with van der Waals surface area (Å²) in [6.45, 7) is 1.62. The van der Waals surface area contributed by atoms with Crippen molar-refractivity contribution in [1.29, 1.82) is 0 Å². The first kappa shape index (κ1) is 24.6. The Morgan fingerprint density at radius 2 is 1.43 bits per heavy atom. The molecule has 182 valence electrons. The summed E-state index contributed by atoms with van der Waals surface area (Å²) in [5.74, 6) is -0.719. The molecule has 0 unspecified atom stereocenters. The zero-order valence-corrected chi connectivity index (χ0v) is 20.3. The predicted octanol–water partition coefficient (Wildman–Crippen LogP) is 3.84. The van der Waals surface area contributed by atoms with Gasteiger partial charge in [0.25, 0.3) is 11.8 Å². The number of amides is 2. The lowest BCUT2D eigenvalue weighted by molar-refractivity contribution is 0.0955. The van der Waals surface area contributed by atoms with E-state index >= 15 is 0 Å². The van der Waals surface area contributed by atoms with Crippen LogP contribution >= 0.6 is 0 Å². The smallest absolute Gasteiger partial charge is 0.255 e. The lowest BCUT2D eigenvalue weighted by atomic mass is 10.1. The summed E-state index contributed by atoms with van der Waals surface area (Å²) < 4.78 is 26.6. The molecule has 2 N–H and O–H groups in total. The van der Waals surface area contributed by atoms with Gasteiger partial charge in [-0.05, 0) is 54.7 Å². The van der Waals surface area contributed by atoms with Crippen molar-refractivity contribution in [1.82, 2.24) is 9.62 Å². The number of hydrogen-bond donors (Lipinski definition) is 2. The second-order valence-electron chi connectivity index (χ2n) is 8.55. The lowest BCUT2D eigenvalue weighted by Crippen LogP contribution is -2.29. The lowest BCUT2D eigenvalue weighted by Gasteiger charge is -2.15. The van der Waals surface area contributed by atoms with Gasteiger partial charge in [0.1, 0.15) is 0 Å². The number of carbonyl (C=O) groups is 2. The molecule has 1 saturated heterocycles. The van der Waals surface area contributed by atoms with E-state index in [1.54, 1.807) is 48.5 Å². The Labute approximate surface area is 206 Å². The van der Waals surface area contributed by atoms with Crippen LogP contribution in [0.3, 0.4) is 0 Å². The minimum atomic E-state index is -3.35. The van der Waals surface area contributed by atoms with E-state index in [0.29, 0.717) is 48.4 Å². The van der Waals surface area contributed by atoms with Gasteiger partial charge in [-0.1, -0.05) is 54.6 Å². The van der Waals surface area contributed by atoms with Gasteiger partial charge in [-0.3, -0.25) is 9.59 Å². The third kappa shape index (κ3) is 6.55.